The van der Waals surface area contributed by atoms with E-state index in [0.29, 0.717) is 4.91 Å². The molecule has 0 amide bonds. The van der Waals surface area contributed by atoms with E-state index in [9.17, 15) is 4.21 Å². The summed E-state index contributed by atoms with van der Waals surface area (Å²) < 4.78 is 19.9. The van der Waals surface area contributed by atoms with Crippen molar-refractivity contribution >= 4 is 16.0 Å². The van der Waals surface area contributed by atoms with Crippen molar-refractivity contribution in [2.24, 2.45) is 0 Å². The van der Waals surface area contributed by atoms with E-state index in [1.54, 1.807) is 13.0 Å². The molecule has 0 saturated heterocycles. The number of allylic oxidation sites excluding steroid dienone is 1. The van der Waals surface area contributed by atoms with Crippen LogP contribution in [0.4, 0.5) is 0 Å². The van der Waals surface area contributed by atoms with Gasteiger partial charge in [0.15, 0.2) is 11.1 Å². The Hall–Kier alpha value is -0.930. The Morgan fingerprint density at radius 3 is 2.54 bits per heavy atom. The van der Waals surface area contributed by atoms with Crippen molar-refractivity contribution < 1.29 is 8.76 Å². The lowest BCUT2D eigenvalue weighted by molar-refractivity contribution is 0.575. The normalized spacial score (nSPS) is 14.2. The van der Waals surface area contributed by atoms with Crippen molar-refractivity contribution in [1.29, 1.82) is 0 Å². The quantitative estimate of drug-likeness (QED) is 0.738. The molecule has 1 unspecified atom stereocenters. The zero-order valence-corrected chi connectivity index (χ0v) is 8.47. The Balaban J connectivity index is 3.21. The smallest absolute Gasteiger partial charge is 0.186 e. The largest absolute Gasteiger partial charge is 0.302 e. The molecule has 0 saturated carbocycles. The number of aryl methyl sites for hydroxylation is 1. The minimum absolute atomic E-state index is 0.470. The van der Waals surface area contributed by atoms with Crippen LogP contribution in [0.3, 0.4) is 0 Å². The third kappa shape index (κ3) is 2.26. The standard InChI is InChI=1S/C10H12O2S/c1-3-10(13(11)12)9-7-5-4-6-8(9)2/h3-7H,1-2H3,(H,11,12). The molecule has 1 rings (SSSR count). The Morgan fingerprint density at radius 2 is 2.08 bits per heavy atom. The van der Waals surface area contributed by atoms with Gasteiger partial charge >= 0.3 is 0 Å². The highest BCUT2D eigenvalue weighted by Crippen LogP contribution is 2.20. The highest BCUT2D eigenvalue weighted by Gasteiger charge is 2.08. The van der Waals surface area contributed by atoms with E-state index in [2.05, 4.69) is 0 Å². The molecule has 0 radical (unpaired) electrons. The van der Waals surface area contributed by atoms with Crippen LogP contribution in [0.2, 0.25) is 0 Å². The summed E-state index contributed by atoms with van der Waals surface area (Å²) in [6.07, 6.45) is 1.67. The van der Waals surface area contributed by atoms with E-state index in [1.165, 1.54) is 0 Å². The first kappa shape index (κ1) is 10.2. The monoisotopic (exact) mass is 196 g/mol. The molecule has 1 N–H and O–H groups in total. The predicted molar refractivity (Wildman–Crippen MR) is 55.6 cm³/mol. The van der Waals surface area contributed by atoms with E-state index in [0.717, 1.165) is 11.1 Å². The van der Waals surface area contributed by atoms with Gasteiger partial charge in [-0.25, -0.2) is 4.21 Å². The van der Waals surface area contributed by atoms with Gasteiger partial charge in [-0.05, 0) is 25.0 Å². The molecule has 1 aromatic rings. The average Bonchev–Trinajstić information content (AvgIpc) is 2.09. The zero-order valence-electron chi connectivity index (χ0n) is 7.65. The molecule has 1 aromatic carbocycles. The molecule has 0 aliphatic carbocycles. The fourth-order valence-electron chi connectivity index (χ4n) is 1.20. The highest BCUT2D eigenvalue weighted by atomic mass is 32.2. The highest BCUT2D eigenvalue weighted by molar-refractivity contribution is 7.89. The first-order valence-electron chi connectivity index (χ1n) is 4.00. The van der Waals surface area contributed by atoms with Crippen molar-refractivity contribution in [3.05, 3.63) is 41.5 Å². The fourth-order valence-corrected chi connectivity index (χ4v) is 1.82. The van der Waals surface area contributed by atoms with Crippen molar-refractivity contribution in [1.82, 2.24) is 0 Å². The molecule has 13 heavy (non-hydrogen) atoms. The summed E-state index contributed by atoms with van der Waals surface area (Å²) in [5.74, 6) is 0. The van der Waals surface area contributed by atoms with Gasteiger partial charge in [0, 0.05) is 0 Å². The first-order chi connectivity index (χ1) is 6.16. The van der Waals surface area contributed by atoms with Crippen LogP contribution in [0.5, 0.6) is 0 Å². The predicted octanol–water partition coefficient (Wildman–Crippen LogP) is 2.58. The molecular weight excluding hydrogens is 184 g/mol. The van der Waals surface area contributed by atoms with Crippen LogP contribution in [0.1, 0.15) is 18.1 Å². The van der Waals surface area contributed by atoms with Crippen molar-refractivity contribution in [3.63, 3.8) is 0 Å². The summed E-state index contributed by atoms with van der Waals surface area (Å²) in [6, 6.07) is 7.54. The Kier molecular flexibility index (Phi) is 3.39. The molecule has 1 atom stereocenters. The molecule has 0 aliphatic rings. The van der Waals surface area contributed by atoms with Crippen LogP contribution in [0.25, 0.3) is 4.91 Å². The molecule has 2 nitrogen and oxygen atoms in total. The van der Waals surface area contributed by atoms with Gasteiger partial charge in [-0.3, -0.25) is 0 Å². The second-order valence-corrected chi connectivity index (χ2v) is 3.66. The van der Waals surface area contributed by atoms with Crippen LogP contribution >= 0.6 is 0 Å². The fraction of sp³-hybridized carbons (Fsp3) is 0.200. The van der Waals surface area contributed by atoms with Gasteiger partial charge in [-0.2, -0.15) is 0 Å². The second kappa shape index (κ2) is 4.35. The summed E-state index contributed by atoms with van der Waals surface area (Å²) in [5, 5.41) is 0. The third-order valence-corrected chi connectivity index (χ3v) is 2.69. The van der Waals surface area contributed by atoms with Crippen molar-refractivity contribution in [3.8, 4) is 0 Å². The van der Waals surface area contributed by atoms with E-state index in [4.69, 9.17) is 4.55 Å². The molecule has 70 valence electrons. The van der Waals surface area contributed by atoms with Crippen molar-refractivity contribution in [2.45, 2.75) is 13.8 Å². The van der Waals surface area contributed by atoms with Gasteiger partial charge in [-0.1, -0.05) is 30.3 Å². The third-order valence-electron chi connectivity index (χ3n) is 1.86. The lowest BCUT2D eigenvalue weighted by Gasteiger charge is -2.05. The minimum atomic E-state index is -1.90. The molecule has 0 aromatic heterocycles. The van der Waals surface area contributed by atoms with Crippen molar-refractivity contribution in [2.75, 3.05) is 0 Å². The Morgan fingerprint density at radius 1 is 1.46 bits per heavy atom. The lowest BCUT2D eigenvalue weighted by Crippen LogP contribution is -1.94. The zero-order chi connectivity index (χ0) is 9.84. The van der Waals surface area contributed by atoms with Gasteiger partial charge in [0.1, 0.15) is 0 Å². The lowest BCUT2D eigenvalue weighted by atomic mass is 10.1. The maximum absolute atomic E-state index is 10.9. The number of hydrogen-bond acceptors (Lipinski definition) is 1. The van der Waals surface area contributed by atoms with Gasteiger partial charge in [-0.15, -0.1) is 0 Å². The summed E-state index contributed by atoms with van der Waals surface area (Å²) in [4.78, 5) is 0.470. The topological polar surface area (TPSA) is 37.3 Å². The van der Waals surface area contributed by atoms with E-state index in [-0.39, 0.29) is 0 Å². The molecular formula is C10H12O2S. The first-order valence-corrected chi connectivity index (χ1v) is 5.10. The number of hydrogen-bond donors (Lipinski definition) is 1. The minimum Gasteiger partial charge on any atom is -0.302 e. The van der Waals surface area contributed by atoms with Gasteiger partial charge in [0.2, 0.25) is 0 Å². The molecule has 3 heteroatoms. The van der Waals surface area contributed by atoms with E-state index in [1.807, 2.05) is 31.2 Å². The summed E-state index contributed by atoms with van der Waals surface area (Å²) >= 11 is -1.90. The van der Waals surface area contributed by atoms with Gasteiger partial charge < -0.3 is 4.55 Å². The summed E-state index contributed by atoms with van der Waals surface area (Å²) in [5.41, 5.74) is 1.85. The van der Waals surface area contributed by atoms with Gasteiger partial charge in [0.25, 0.3) is 0 Å². The molecule has 0 aliphatic heterocycles. The molecule has 0 heterocycles. The Bertz CT molecular complexity index is 356. The summed E-state index contributed by atoms with van der Waals surface area (Å²) in [6.45, 7) is 3.68. The van der Waals surface area contributed by atoms with Crippen LogP contribution < -0.4 is 0 Å². The Labute approximate surface area is 80.6 Å². The second-order valence-electron chi connectivity index (χ2n) is 2.72. The van der Waals surface area contributed by atoms with Crippen LogP contribution in [0, 0.1) is 6.92 Å². The maximum atomic E-state index is 10.9. The van der Waals surface area contributed by atoms with E-state index < -0.39 is 11.1 Å². The number of rotatable bonds is 2. The van der Waals surface area contributed by atoms with Crippen LogP contribution in [0.15, 0.2) is 30.3 Å². The molecule has 0 bridgehead atoms. The number of benzene rings is 1. The molecule has 0 fully saturated rings. The average molecular weight is 196 g/mol. The SMILES string of the molecule is CC=C(c1ccccc1C)S(=O)O. The van der Waals surface area contributed by atoms with Crippen LogP contribution in [-0.2, 0) is 11.1 Å². The summed E-state index contributed by atoms with van der Waals surface area (Å²) in [7, 11) is 0. The maximum Gasteiger partial charge on any atom is 0.186 e. The van der Waals surface area contributed by atoms with Crippen LogP contribution in [-0.4, -0.2) is 8.76 Å². The molecule has 0 spiro atoms. The van der Waals surface area contributed by atoms with E-state index >= 15 is 0 Å². The van der Waals surface area contributed by atoms with Gasteiger partial charge in [0.05, 0.1) is 4.91 Å².